The van der Waals surface area contributed by atoms with Gasteiger partial charge in [-0.15, -0.1) is 0 Å². The van der Waals surface area contributed by atoms with Crippen LogP contribution in [0, 0.1) is 0 Å². The van der Waals surface area contributed by atoms with E-state index < -0.39 is 0 Å². The molecule has 0 bridgehead atoms. The number of allylic oxidation sites excluding steroid dienone is 2. The summed E-state index contributed by atoms with van der Waals surface area (Å²) in [4.78, 5) is 0. The van der Waals surface area contributed by atoms with Gasteiger partial charge in [-0.3, -0.25) is 0 Å². The standard InChI is InChI=1S/C10H20O/c1-3-5-7-9-10(11)8-6-4-2/h9,11H,3-8H2,1-2H3. The van der Waals surface area contributed by atoms with Crippen molar-refractivity contribution in [3.05, 3.63) is 11.8 Å². The third-order valence-electron chi connectivity index (χ3n) is 1.72. The molecule has 0 aliphatic carbocycles. The molecule has 11 heavy (non-hydrogen) atoms. The van der Waals surface area contributed by atoms with Gasteiger partial charge in [0.1, 0.15) is 0 Å². The van der Waals surface area contributed by atoms with Gasteiger partial charge in [-0.05, 0) is 25.3 Å². The molecule has 0 aliphatic rings. The lowest BCUT2D eigenvalue weighted by Gasteiger charge is -1.97. The molecule has 0 amide bonds. The Bertz CT molecular complexity index is 105. The lowest BCUT2D eigenvalue weighted by molar-refractivity contribution is 0.379. The van der Waals surface area contributed by atoms with Crippen molar-refractivity contribution in [1.29, 1.82) is 0 Å². The van der Waals surface area contributed by atoms with Crippen LogP contribution in [-0.4, -0.2) is 5.11 Å². The molecule has 66 valence electrons. The van der Waals surface area contributed by atoms with E-state index in [-0.39, 0.29) is 0 Å². The second-order valence-electron chi connectivity index (χ2n) is 2.94. The van der Waals surface area contributed by atoms with Gasteiger partial charge in [-0.25, -0.2) is 0 Å². The summed E-state index contributed by atoms with van der Waals surface area (Å²) in [5.41, 5.74) is 0. The largest absolute Gasteiger partial charge is 0.513 e. The Morgan fingerprint density at radius 3 is 2.36 bits per heavy atom. The van der Waals surface area contributed by atoms with Gasteiger partial charge in [-0.2, -0.15) is 0 Å². The van der Waals surface area contributed by atoms with Crippen molar-refractivity contribution in [1.82, 2.24) is 0 Å². The molecule has 0 aromatic heterocycles. The van der Waals surface area contributed by atoms with Gasteiger partial charge in [0.2, 0.25) is 0 Å². The van der Waals surface area contributed by atoms with Gasteiger partial charge in [0, 0.05) is 6.42 Å². The van der Waals surface area contributed by atoms with E-state index in [2.05, 4.69) is 13.8 Å². The second-order valence-corrected chi connectivity index (χ2v) is 2.94. The molecule has 0 radical (unpaired) electrons. The molecule has 0 saturated heterocycles. The number of hydrogen-bond donors (Lipinski definition) is 1. The summed E-state index contributed by atoms with van der Waals surface area (Å²) >= 11 is 0. The van der Waals surface area contributed by atoms with E-state index >= 15 is 0 Å². The van der Waals surface area contributed by atoms with E-state index in [0.717, 1.165) is 25.7 Å². The smallest absolute Gasteiger partial charge is 0.0882 e. The molecule has 0 spiro atoms. The van der Waals surface area contributed by atoms with Gasteiger partial charge < -0.3 is 5.11 Å². The highest BCUT2D eigenvalue weighted by Gasteiger charge is 1.90. The maximum Gasteiger partial charge on any atom is 0.0882 e. The molecule has 0 atom stereocenters. The molecular weight excluding hydrogens is 136 g/mol. The van der Waals surface area contributed by atoms with Crippen LogP contribution in [0.3, 0.4) is 0 Å². The fourth-order valence-corrected chi connectivity index (χ4v) is 0.933. The van der Waals surface area contributed by atoms with Gasteiger partial charge in [-0.1, -0.05) is 26.7 Å². The fourth-order valence-electron chi connectivity index (χ4n) is 0.933. The molecule has 0 rings (SSSR count). The van der Waals surface area contributed by atoms with E-state index in [1.54, 1.807) is 0 Å². The average Bonchev–Trinajstić information content (AvgIpc) is 2.01. The number of aliphatic hydroxyl groups is 1. The van der Waals surface area contributed by atoms with E-state index in [4.69, 9.17) is 0 Å². The van der Waals surface area contributed by atoms with E-state index in [9.17, 15) is 5.11 Å². The molecule has 1 nitrogen and oxygen atoms in total. The topological polar surface area (TPSA) is 20.2 Å². The lowest BCUT2D eigenvalue weighted by atomic mass is 10.2. The minimum Gasteiger partial charge on any atom is -0.513 e. The van der Waals surface area contributed by atoms with Crippen LogP contribution in [0.4, 0.5) is 0 Å². The van der Waals surface area contributed by atoms with Crippen LogP contribution >= 0.6 is 0 Å². The predicted octanol–water partition coefficient (Wildman–Crippen LogP) is 3.81. The average molecular weight is 156 g/mol. The molecule has 0 heterocycles. The zero-order valence-corrected chi connectivity index (χ0v) is 7.77. The Kier molecular flexibility index (Phi) is 7.33. The Morgan fingerprint density at radius 2 is 1.82 bits per heavy atom. The molecule has 0 aromatic rings. The first-order valence-electron chi connectivity index (χ1n) is 4.69. The molecule has 1 heteroatoms. The maximum absolute atomic E-state index is 9.27. The van der Waals surface area contributed by atoms with Crippen molar-refractivity contribution >= 4 is 0 Å². The van der Waals surface area contributed by atoms with Crippen molar-refractivity contribution in [2.75, 3.05) is 0 Å². The Hall–Kier alpha value is -0.460. The monoisotopic (exact) mass is 156 g/mol. The van der Waals surface area contributed by atoms with E-state index in [0.29, 0.717) is 5.76 Å². The lowest BCUT2D eigenvalue weighted by Crippen LogP contribution is -1.81. The highest BCUT2D eigenvalue weighted by atomic mass is 16.3. The Balaban J connectivity index is 3.30. The molecule has 1 N–H and O–H groups in total. The summed E-state index contributed by atoms with van der Waals surface area (Å²) in [6, 6.07) is 0. The molecule has 0 aliphatic heterocycles. The van der Waals surface area contributed by atoms with Gasteiger partial charge in [0.05, 0.1) is 5.76 Å². The highest BCUT2D eigenvalue weighted by molar-refractivity contribution is 4.90. The summed E-state index contributed by atoms with van der Waals surface area (Å²) < 4.78 is 0. The quantitative estimate of drug-likeness (QED) is 0.458. The van der Waals surface area contributed by atoms with E-state index in [1.807, 2.05) is 6.08 Å². The zero-order chi connectivity index (χ0) is 8.53. The van der Waals surface area contributed by atoms with Gasteiger partial charge in [0.25, 0.3) is 0 Å². The van der Waals surface area contributed by atoms with Crippen LogP contribution in [-0.2, 0) is 0 Å². The Morgan fingerprint density at radius 1 is 1.18 bits per heavy atom. The summed E-state index contributed by atoms with van der Waals surface area (Å²) in [5.74, 6) is 0.584. The van der Waals surface area contributed by atoms with Gasteiger partial charge in [0.15, 0.2) is 0 Å². The zero-order valence-electron chi connectivity index (χ0n) is 7.77. The fraction of sp³-hybridized carbons (Fsp3) is 0.800. The van der Waals surface area contributed by atoms with Gasteiger partial charge >= 0.3 is 0 Å². The minimum atomic E-state index is 0.584. The van der Waals surface area contributed by atoms with Crippen LogP contribution in [0.2, 0.25) is 0 Å². The normalized spacial score (nSPS) is 12.0. The first-order valence-corrected chi connectivity index (χ1v) is 4.69. The molecule has 0 aromatic carbocycles. The predicted molar refractivity (Wildman–Crippen MR) is 49.8 cm³/mol. The minimum absolute atomic E-state index is 0.584. The molecular formula is C10H20O. The SMILES string of the molecule is CCCCC=C(O)CCCC. The molecule has 0 saturated carbocycles. The number of unbranched alkanes of at least 4 members (excludes halogenated alkanes) is 3. The Labute approximate surface area is 70.1 Å². The third-order valence-corrected chi connectivity index (χ3v) is 1.72. The van der Waals surface area contributed by atoms with Crippen LogP contribution in [0.1, 0.15) is 52.4 Å². The summed E-state index contributed by atoms with van der Waals surface area (Å²) in [6.45, 7) is 4.30. The molecule has 0 unspecified atom stereocenters. The van der Waals surface area contributed by atoms with Crippen molar-refractivity contribution in [2.45, 2.75) is 52.4 Å². The van der Waals surface area contributed by atoms with Crippen LogP contribution in [0.5, 0.6) is 0 Å². The summed E-state index contributed by atoms with van der Waals surface area (Å²) in [5, 5.41) is 9.27. The maximum atomic E-state index is 9.27. The summed E-state index contributed by atoms with van der Waals surface area (Å²) in [6.07, 6.45) is 8.51. The first-order chi connectivity index (χ1) is 5.31. The number of aliphatic hydroxyl groups excluding tert-OH is 1. The first kappa shape index (κ1) is 10.5. The van der Waals surface area contributed by atoms with Crippen LogP contribution < -0.4 is 0 Å². The highest BCUT2D eigenvalue weighted by Crippen LogP contribution is 2.06. The van der Waals surface area contributed by atoms with Crippen LogP contribution in [0.15, 0.2) is 11.8 Å². The van der Waals surface area contributed by atoms with E-state index in [1.165, 1.54) is 12.8 Å². The molecule has 0 fully saturated rings. The second kappa shape index (κ2) is 7.64. The van der Waals surface area contributed by atoms with Crippen molar-refractivity contribution in [3.8, 4) is 0 Å². The van der Waals surface area contributed by atoms with Crippen LogP contribution in [0.25, 0.3) is 0 Å². The number of hydrogen-bond acceptors (Lipinski definition) is 1. The van der Waals surface area contributed by atoms with Crippen molar-refractivity contribution in [3.63, 3.8) is 0 Å². The third kappa shape index (κ3) is 7.44. The van der Waals surface area contributed by atoms with Crippen molar-refractivity contribution < 1.29 is 5.11 Å². The number of rotatable bonds is 6. The summed E-state index contributed by atoms with van der Waals surface area (Å²) in [7, 11) is 0. The van der Waals surface area contributed by atoms with Crippen molar-refractivity contribution in [2.24, 2.45) is 0 Å².